The van der Waals surface area contributed by atoms with Gasteiger partial charge < -0.3 is 15.5 Å². The Labute approximate surface area is 152 Å². The minimum Gasteiger partial charge on any atom is -0.374 e. The van der Waals surface area contributed by atoms with E-state index in [-0.39, 0.29) is 36.8 Å². The summed E-state index contributed by atoms with van der Waals surface area (Å²) < 4.78 is 0. The third-order valence-electron chi connectivity index (χ3n) is 3.84. The SMILES string of the molecule is CC(C)CN(C)c1ccc(C(=O)N[C@H]2CCCNC2)cc1.Cl.Cl. The molecule has 0 aromatic heterocycles. The smallest absolute Gasteiger partial charge is 0.251 e. The summed E-state index contributed by atoms with van der Waals surface area (Å²) in [6, 6.07) is 8.14. The number of anilines is 1. The lowest BCUT2D eigenvalue weighted by atomic mass is 10.1. The van der Waals surface area contributed by atoms with Crippen molar-refractivity contribution in [1.82, 2.24) is 10.6 Å². The molecule has 0 radical (unpaired) electrons. The third kappa shape index (κ3) is 6.98. The summed E-state index contributed by atoms with van der Waals surface area (Å²) in [7, 11) is 2.09. The summed E-state index contributed by atoms with van der Waals surface area (Å²) in [5.41, 5.74) is 1.89. The molecule has 0 aliphatic carbocycles. The molecule has 1 aliphatic rings. The number of hydrogen-bond acceptors (Lipinski definition) is 3. The van der Waals surface area contributed by atoms with Crippen molar-refractivity contribution in [3.63, 3.8) is 0 Å². The van der Waals surface area contributed by atoms with Crippen molar-refractivity contribution in [2.24, 2.45) is 5.92 Å². The van der Waals surface area contributed by atoms with Crippen LogP contribution in [0.15, 0.2) is 24.3 Å². The van der Waals surface area contributed by atoms with E-state index in [1.165, 1.54) is 0 Å². The molecule has 1 heterocycles. The number of rotatable bonds is 5. The third-order valence-corrected chi connectivity index (χ3v) is 3.84. The maximum atomic E-state index is 12.2. The molecule has 23 heavy (non-hydrogen) atoms. The molecule has 0 unspecified atom stereocenters. The second-order valence-corrected chi connectivity index (χ2v) is 6.34. The van der Waals surface area contributed by atoms with Crippen LogP contribution in [-0.2, 0) is 0 Å². The average Bonchev–Trinajstić information content (AvgIpc) is 2.47. The molecule has 6 heteroatoms. The van der Waals surface area contributed by atoms with Gasteiger partial charge in [0.05, 0.1) is 0 Å². The fraction of sp³-hybridized carbons (Fsp3) is 0.588. The monoisotopic (exact) mass is 361 g/mol. The maximum absolute atomic E-state index is 12.2. The lowest BCUT2D eigenvalue weighted by Gasteiger charge is -2.24. The maximum Gasteiger partial charge on any atom is 0.251 e. The van der Waals surface area contributed by atoms with E-state index < -0.39 is 0 Å². The first-order valence-corrected chi connectivity index (χ1v) is 7.89. The highest BCUT2D eigenvalue weighted by atomic mass is 35.5. The van der Waals surface area contributed by atoms with E-state index in [1.807, 2.05) is 24.3 Å². The molecule has 0 bridgehead atoms. The Hall–Kier alpha value is -0.970. The highest BCUT2D eigenvalue weighted by Crippen LogP contribution is 2.15. The van der Waals surface area contributed by atoms with Crippen LogP contribution in [0.1, 0.15) is 37.0 Å². The van der Waals surface area contributed by atoms with Gasteiger partial charge in [-0.3, -0.25) is 4.79 Å². The van der Waals surface area contributed by atoms with Crippen LogP contribution in [0.4, 0.5) is 5.69 Å². The Morgan fingerprint density at radius 1 is 1.30 bits per heavy atom. The van der Waals surface area contributed by atoms with Gasteiger partial charge in [-0.2, -0.15) is 0 Å². The number of carbonyl (C=O) groups is 1. The number of nitrogens with one attached hydrogen (secondary N) is 2. The summed E-state index contributed by atoms with van der Waals surface area (Å²) >= 11 is 0. The van der Waals surface area contributed by atoms with E-state index in [1.54, 1.807) is 0 Å². The Balaban J connectivity index is 0.00000242. The molecule has 1 aromatic rings. The topological polar surface area (TPSA) is 44.4 Å². The molecule has 2 rings (SSSR count). The Bertz CT molecular complexity index is 459. The van der Waals surface area contributed by atoms with Crippen LogP contribution in [0.2, 0.25) is 0 Å². The number of carbonyl (C=O) groups excluding carboxylic acids is 1. The zero-order valence-corrected chi connectivity index (χ0v) is 15.8. The Morgan fingerprint density at radius 3 is 2.48 bits per heavy atom. The van der Waals surface area contributed by atoms with Gasteiger partial charge in [0.2, 0.25) is 0 Å². The fourth-order valence-electron chi connectivity index (χ4n) is 2.76. The number of halogens is 2. The molecule has 1 aliphatic heterocycles. The Kier molecular flexibility index (Phi) is 10.3. The van der Waals surface area contributed by atoms with Crippen LogP contribution in [0.3, 0.4) is 0 Å². The van der Waals surface area contributed by atoms with Gasteiger partial charge >= 0.3 is 0 Å². The molecular weight excluding hydrogens is 333 g/mol. The largest absolute Gasteiger partial charge is 0.374 e. The van der Waals surface area contributed by atoms with Crippen LogP contribution in [0.5, 0.6) is 0 Å². The lowest BCUT2D eigenvalue weighted by Crippen LogP contribution is -2.45. The number of piperidine rings is 1. The van der Waals surface area contributed by atoms with Gasteiger partial charge in [0.15, 0.2) is 0 Å². The number of nitrogens with zero attached hydrogens (tertiary/aromatic N) is 1. The first-order chi connectivity index (χ1) is 10.1. The van der Waals surface area contributed by atoms with Crippen LogP contribution in [-0.4, -0.2) is 38.6 Å². The molecule has 1 atom stereocenters. The van der Waals surface area contributed by atoms with Gasteiger partial charge in [-0.05, 0) is 49.6 Å². The molecule has 132 valence electrons. The molecule has 4 nitrogen and oxygen atoms in total. The van der Waals surface area contributed by atoms with Gasteiger partial charge in [-0.25, -0.2) is 0 Å². The van der Waals surface area contributed by atoms with Crippen LogP contribution >= 0.6 is 24.8 Å². The highest BCUT2D eigenvalue weighted by molar-refractivity contribution is 5.94. The second kappa shape index (κ2) is 10.7. The zero-order chi connectivity index (χ0) is 15.2. The van der Waals surface area contributed by atoms with Gasteiger partial charge in [0.25, 0.3) is 5.91 Å². The summed E-state index contributed by atoms with van der Waals surface area (Å²) in [6.07, 6.45) is 2.19. The molecular formula is C17H29Cl2N3O. The normalized spacial score (nSPS) is 17.0. The first kappa shape index (κ1) is 22.0. The molecule has 1 amide bonds. The van der Waals surface area contributed by atoms with Crippen LogP contribution < -0.4 is 15.5 Å². The van der Waals surface area contributed by atoms with Gasteiger partial charge in [-0.1, -0.05) is 13.8 Å². The predicted molar refractivity (Wildman–Crippen MR) is 102 cm³/mol. The van der Waals surface area contributed by atoms with Crippen molar-refractivity contribution < 1.29 is 4.79 Å². The molecule has 1 saturated heterocycles. The summed E-state index contributed by atoms with van der Waals surface area (Å²) in [5.74, 6) is 0.651. The highest BCUT2D eigenvalue weighted by Gasteiger charge is 2.16. The molecule has 0 spiro atoms. The quantitative estimate of drug-likeness (QED) is 0.846. The van der Waals surface area contributed by atoms with E-state index in [2.05, 4.69) is 36.4 Å². The van der Waals surface area contributed by atoms with Gasteiger partial charge in [0.1, 0.15) is 0 Å². The summed E-state index contributed by atoms with van der Waals surface area (Å²) in [6.45, 7) is 7.36. The molecule has 1 aromatic carbocycles. The van der Waals surface area contributed by atoms with Crippen LogP contribution in [0, 0.1) is 5.92 Å². The van der Waals surface area contributed by atoms with E-state index in [4.69, 9.17) is 0 Å². The summed E-state index contributed by atoms with van der Waals surface area (Å²) in [4.78, 5) is 14.4. The van der Waals surface area contributed by atoms with Gasteiger partial charge in [0, 0.05) is 37.4 Å². The van der Waals surface area contributed by atoms with Crippen molar-refractivity contribution in [2.75, 3.05) is 31.6 Å². The van der Waals surface area contributed by atoms with Crippen molar-refractivity contribution in [2.45, 2.75) is 32.7 Å². The van der Waals surface area contributed by atoms with E-state index in [9.17, 15) is 4.79 Å². The van der Waals surface area contributed by atoms with E-state index in [0.717, 1.165) is 43.7 Å². The average molecular weight is 362 g/mol. The predicted octanol–water partition coefficient (Wildman–Crippen LogP) is 3.10. The van der Waals surface area contributed by atoms with E-state index >= 15 is 0 Å². The van der Waals surface area contributed by atoms with Crippen LogP contribution in [0.25, 0.3) is 0 Å². The molecule has 0 saturated carbocycles. The number of hydrogen-bond donors (Lipinski definition) is 2. The second-order valence-electron chi connectivity index (χ2n) is 6.34. The summed E-state index contributed by atoms with van der Waals surface area (Å²) in [5, 5.41) is 6.41. The molecule has 2 N–H and O–H groups in total. The van der Waals surface area contributed by atoms with Crippen molar-refractivity contribution in [3.05, 3.63) is 29.8 Å². The fourth-order valence-corrected chi connectivity index (χ4v) is 2.76. The Morgan fingerprint density at radius 2 is 1.96 bits per heavy atom. The molecule has 1 fully saturated rings. The number of amides is 1. The minimum atomic E-state index is 0. The standard InChI is InChI=1S/C17H27N3O.2ClH/c1-13(2)12-20(3)16-8-6-14(7-9-16)17(21)19-15-5-4-10-18-11-15;;/h6-9,13,15,18H,4-5,10-12H2,1-3H3,(H,19,21);2*1H/t15-;;/m0../s1. The van der Waals surface area contributed by atoms with Crippen molar-refractivity contribution in [1.29, 1.82) is 0 Å². The zero-order valence-electron chi connectivity index (χ0n) is 14.2. The van der Waals surface area contributed by atoms with Crippen molar-refractivity contribution in [3.8, 4) is 0 Å². The van der Waals surface area contributed by atoms with Gasteiger partial charge in [-0.15, -0.1) is 24.8 Å². The van der Waals surface area contributed by atoms with Crippen molar-refractivity contribution >= 4 is 36.4 Å². The number of benzene rings is 1. The first-order valence-electron chi connectivity index (χ1n) is 7.89. The minimum absolute atomic E-state index is 0. The lowest BCUT2D eigenvalue weighted by molar-refractivity contribution is 0.0930. The van der Waals surface area contributed by atoms with E-state index in [0.29, 0.717) is 5.92 Å².